The van der Waals surface area contributed by atoms with Crippen LogP contribution in [0.4, 0.5) is 0 Å². The zero-order chi connectivity index (χ0) is 8.97. The quantitative estimate of drug-likeness (QED) is 0.688. The molecule has 0 spiro atoms. The lowest BCUT2D eigenvalue weighted by Gasteiger charge is -2.04. The maximum atomic E-state index is 11.1. The number of aliphatic hydroxyl groups is 1. The van der Waals surface area contributed by atoms with Gasteiger partial charge in [0.1, 0.15) is 6.26 Å². The second kappa shape index (κ2) is 3.92. The van der Waals surface area contributed by atoms with Crippen molar-refractivity contribution in [1.82, 2.24) is 5.32 Å². The van der Waals surface area contributed by atoms with Crippen molar-refractivity contribution < 1.29 is 14.3 Å². The Bertz CT molecular complexity index is 241. The fourth-order valence-electron chi connectivity index (χ4n) is 0.736. The lowest BCUT2D eigenvalue weighted by atomic mass is 10.3. The molecule has 0 bridgehead atoms. The SMILES string of the molecule is C[C@H](O)CNC(=O)c1ccoc1. The third kappa shape index (κ3) is 2.39. The van der Waals surface area contributed by atoms with E-state index in [0.29, 0.717) is 5.56 Å². The van der Waals surface area contributed by atoms with Crippen molar-refractivity contribution >= 4 is 5.91 Å². The van der Waals surface area contributed by atoms with Gasteiger partial charge in [-0.05, 0) is 13.0 Å². The third-order valence-corrected chi connectivity index (χ3v) is 1.34. The molecule has 0 saturated heterocycles. The summed E-state index contributed by atoms with van der Waals surface area (Å²) in [6.07, 6.45) is 2.26. The summed E-state index contributed by atoms with van der Waals surface area (Å²) in [6.45, 7) is 1.86. The highest BCUT2D eigenvalue weighted by atomic mass is 16.3. The minimum absolute atomic E-state index is 0.232. The molecule has 0 saturated carbocycles. The van der Waals surface area contributed by atoms with E-state index in [4.69, 9.17) is 9.52 Å². The number of aliphatic hydroxyl groups excluding tert-OH is 1. The topological polar surface area (TPSA) is 62.5 Å². The summed E-state index contributed by atoms with van der Waals surface area (Å²) in [5, 5.41) is 11.4. The van der Waals surface area contributed by atoms with E-state index in [-0.39, 0.29) is 12.5 Å². The summed E-state index contributed by atoms with van der Waals surface area (Å²) in [5.41, 5.74) is 0.468. The van der Waals surface area contributed by atoms with Crippen molar-refractivity contribution in [1.29, 1.82) is 0 Å². The van der Waals surface area contributed by atoms with Crippen LogP contribution in [0.15, 0.2) is 23.0 Å². The summed E-state index contributed by atoms with van der Waals surface area (Å²) in [4.78, 5) is 11.1. The maximum Gasteiger partial charge on any atom is 0.254 e. The molecule has 2 N–H and O–H groups in total. The molecule has 1 rings (SSSR count). The van der Waals surface area contributed by atoms with Gasteiger partial charge in [-0.15, -0.1) is 0 Å². The zero-order valence-electron chi connectivity index (χ0n) is 6.78. The van der Waals surface area contributed by atoms with E-state index in [2.05, 4.69) is 5.32 Å². The van der Waals surface area contributed by atoms with Crippen LogP contribution in [0.25, 0.3) is 0 Å². The molecule has 0 radical (unpaired) electrons. The smallest absolute Gasteiger partial charge is 0.254 e. The summed E-state index contributed by atoms with van der Waals surface area (Å²) < 4.78 is 4.72. The van der Waals surface area contributed by atoms with Crippen LogP contribution in [0.5, 0.6) is 0 Å². The Morgan fingerprint density at radius 1 is 1.83 bits per heavy atom. The predicted molar refractivity (Wildman–Crippen MR) is 42.7 cm³/mol. The molecule has 4 nitrogen and oxygen atoms in total. The first-order valence-electron chi connectivity index (χ1n) is 3.68. The summed E-state index contributed by atoms with van der Waals surface area (Å²) in [5.74, 6) is -0.232. The van der Waals surface area contributed by atoms with Gasteiger partial charge in [-0.3, -0.25) is 4.79 Å². The minimum atomic E-state index is -0.527. The van der Waals surface area contributed by atoms with Crippen LogP contribution in [0.2, 0.25) is 0 Å². The average Bonchev–Trinajstić information content (AvgIpc) is 2.51. The van der Waals surface area contributed by atoms with Gasteiger partial charge in [0.25, 0.3) is 5.91 Å². The molecule has 12 heavy (non-hydrogen) atoms. The number of rotatable bonds is 3. The van der Waals surface area contributed by atoms with Crippen LogP contribution in [0, 0.1) is 0 Å². The van der Waals surface area contributed by atoms with E-state index < -0.39 is 6.10 Å². The molecule has 4 heteroatoms. The number of carbonyl (C=O) groups is 1. The molecular weight excluding hydrogens is 158 g/mol. The Morgan fingerprint density at radius 3 is 3.08 bits per heavy atom. The predicted octanol–water partition coefficient (Wildman–Crippen LogP) is 0.390. The van der Waals surface area contributed by atoms with Crippen molar-refractivity contribution in [2.45, 2.75) is 13.0 Å². The van der Waals surface area contributed by atoms with Gasteiger partial charge in [-0.1, -0.05) is 0 Å². The first kappa shape index (κ1) is 8.80. The van der Waals surface area contributed by atoms with E-state index in [1.807, 2.05) is 0 Å². The van der Waals surface area contributed by atoms with Crippen LogP contribution >= 0.6 is 0 Å². The van der Waals surface area contributed by atoms with E-state index in [1.165, 1.54) is 12.5 Å². The van der Waals surface area contributed by atoms with E-state index in [9.17, 15) is 4.79 Å². The molecule has 1 atom stereocenters. The van der Waals surface area contributed by atoms with Crippen molar-refractivity contribution in [3.8, 4) is 0 Å². The minimum Gasteiger partial charge on any atom is -0.472 e. The molecule has 66 valence electrons. The second-order valence-electron chi connectivity index (χ2n) is 2.57. The average molecular weight is 169 g/mol. The number of amides is 1. The van der Waals surface area contributed by atoms with Crippen molar-refractivity contribution in [3.05, 3.63) is 24.2 Å². The normalized spacial score (nSPS) is 12.5. The highest BCUT2D eigenvalue weighted by molar-refractivity contribution is 5.93. The molecule has 0 aliphatic heterocycles. The molecule has 0 aliphatic carbocycles. The molecule has 0 aliphatic rings. The molecule has 1 amide bonds. The van der Waals surface area contributed by atoms with Gasteiger partial charge in [0.2, 0.25) is 0 Å². The molecule has 1 aromatic heterocycles. The Morgan fingerprint density at radius 2 is 2.58 bits per heavy atom. The summed E-state index contributed by atoms with van der Waals surface area (Å²) in [7, 11) is 0. The Hall–Kier alpha value is -1.29. The Kier molecular flexibility index (Phi) is 2.88. The first-order chi connectivity index (χ1) is 5.70. The van der Waals surface area contributed by atoms with Crippen LogP contribution in [0.3, 0.4) is 0 Å². The van der Waals surface area contributed by atoms with Gasteiger partial charge < -0.3 is 14.8 Å². The van der Waals surface area contributed by atoms with Crippen molar-refractivity contribution in [2.75, 3.05) is 6.54 Å². The highest BCUT2D eigenvalue weighted by Crippen LogP contribution is 1.98. The Labute approximate surface area is 70.2 Å². The number of hydrogen-bond donors (Lipinski definition) is 2. The van der Waals surface area contributed by atoms with Gasteiger partial charge in [-0.25, -0.2) is 0 Å². The monoisotopic (exact) mass is 169 g/mol. The van der Waals surface area contributed by atoms with E-state index in [0.717, 1.165) is 0 Å². The molecular formula is C8H11NO3. The fraction of sp³-hybridized carbons (Fsp3) is 0.375. The summed E-state index contributed by atoms with van der Waals surface area (Å²) in [6, 6.07) is 1.57. The van der Waals surface area contributed by atoms with Gasteiger partial charge in [-0.2, -0.15) is 0 Å². The highest BCUT2D eigenvalue weighted by Gasteiger charge is 2.06. The fourth-order valence-corrected chi connectivity index (χ4v) is 0.736. The molecule has 0 aromatic carbocycles. The third-order valence-electron chi connectivity index (χ3n) is 1.34. The second-order valence-corrected chi connectivity index (χ2v) is 2.57. The van der Waals surface area contributed by atoms with Crippen LogP contribution < -0.4 is 5.32 Å². The van der Waals surface area contributed by atoms with Gasteiger partial charge >= 0.3 is 0 Å². The summed E-state index contributed by atoms with van der Waals surface area (Å²) >= 11 is 0. The van der Waals surface area contributed by atoms with Crippen LogP contribution in [-0.4, -0.2) is 23.7 Å². The molecule has 1 heterocycles. The maximum absolute atomic E-state index is 11.1. The lowest BCUT2D eigenvalue weighted by Crippen LogP contribution is -2.30. The van der Waals surface area contributed by atoms with E-state index >= 15 is 0 Å². The van der Waals surface area contributed by atoms with Crippen molar-refractivity contribution in [2.24, 2.45) is 0 Å². The van der Waals surface area contributed by atoms with E-state index in [1.54, 1.807) is 13.0 Å². The number of furan rings is 1. The van der Waals surface area contributed by atoms with Gasteiger partial charge in [0.05, 0.1) is 17.9 Å². The Balaban J connectivity index is 2.40. The number of nitrogens with one attached hydrogen (secondary N) is 1. The van der Waals surface area contributed by atoms with Crippen LogP contribution in [0.1, 0.15) is 17.3 Å². The molecule has 1 aromatic rings. The van der Waals surface area contributed by atoms with Crippen molar-refractivity contribution in [3.63, 3.8) is 0 Å². The first-order valence-corrected chi connectivity index (χ1v) is 3.68. The largest absolute Gasteiger partial charge is 0.472 e. The number of hydrogen-bond acceptors (Lipinski definition) is 3. The zero-order valence-corrected chi connectivity index (χ0v) is 6.78. The van der Waals surface area contributed by atoms with Gasteiger partial charge in [0.15, 0.2) is 0 Å². The number of carbonyl (C=O) groups excluding carboxylic acids is 1. The molecule has 0 unspecified atom stereocenters. The van der Waals surface area contributed by atoms with Crippen LogP contribution in [-0.2, 0) is 0 Å². The standard InChI is InChI=1S/C8H11NO3/c1-6(10)4-9-8(11)7-2-3-12-5-7/h2-3,5-6,10H,4H2,1H3,(H,9,11)/t6-/m0/s1. The van der Waals surface area contributed by atoms with Gasteiger partial charge in [0, 0.05) is 6.54 Å². The lowest BCUT2D eigenvalue weighted by molar-refractivity contribution is 0.0923. The molecule has 0 fully saturated rings.